The Bertz CT molecular complexity index is 651. The van der Waals surface area contributed by atoms with Crippen LogP contribution in [0.3, 0.4) is 0 Å². The van der Waals surface area contributed by atoms with Gasteiger partial charge in [0.25, 0.3) is 0 Å². The Hall–Kier alpha value is -1.75. The molecule has 0 radical (unpaired) electrons. The van der Waals surface area contributed by atoms with Crippen LogP contribution in [-0.2, 0) is 5.41 Å². The van der Waals surface area contributed by atoms with Crippen LogP contribution in [0, 0.1) is 17.4 Å². The summed E-state index contributed by atoms with van der Waals surface area (Å²) in [5, 5.41) is 7.38. The Kier molecular flexibility index (Phi) is 3.32. The topological polar surface area (TPSA) is 91.7 Å². The van der Waals surface area contributed by atoms with Gasteiger partial charge in [0, 0.05) is 22.4 Å². The number of benzene rings is 1. The van der Waals surface area contributed by atoms with Gasteiger partial charge >= 0.3 is 0 Å². The van der Waals surface area contributed by atoms with Crippen LogP contribution in [0.2, 0.25) is 5.02 Å². The van der Waals surface area contributed by atoms with E-state index in [2.05, 4.69) is 17.1 Å². The van der Waals surface area contributed by atoms with E-state index in [4.69, 9.17) is 23.0 Å². The number of rotatable bonds is 4. The van der Waals surface area contributed by atoms with Gasteiger partial charge in [-0.05, 0) is 36.3 Å². The minimum atomic E-state index is -0.181. The van der Waals surface area contributed by atoms with Crippen molar-refractivity contribution in [1.82, 2.24) is 0 Å². The SMILES string of the molecule is CC1(c2ccc(C(=O)[C@H]3C[C@@H]3/C(N=N)=N/N)cc2Cl)CC1. The van der Waals surface area contributed by atoms with Gasteiger partial charge in [0.05, 0.1) is 0 Å². The number of ketones is 1. The number of hydrogen-bond acceptors (Lipinski definition) is 4. The molecule has 6 heteroatoms. The number of nitrogens with two attached hydrogens (primary N) is 1. The Labute approximate surface area is 128 Å². The first-order chi connectivity index (χ1) is 10.00. The van der Waals surface area contributed by atoms with E-state index in [1.54, 1.807) is 6.07 Å². The molecule has 0 saturated heterocycles. The molecule has 1 aromatic rings. The molecule has 0 unspecified atom stereocenters. The molecule has 0 bridgehead atoms. The maximum absolute atomic E-state index is 12.4. The molecule has 110 valence electrons. The third-order valence-electron chi connectivity index (χ3n) is 4.61. The fourth-order valence-electron chi connectivity index (χ4n) is 2.81. The highest BCUT2D eigenvalue weighted by Gasteiger charge is 2.47. The average molecular weight is 305 g/mol. The van der Waals surface area contributed by atoms with E-state index >= 15 is 0 Å². The minimum absolute atomic E-state index is 0.0270. The zero-order valence-corrected chi connectivity index (χ0v) is 12.5. The molecule has 0 amide bonds. The van der Waals surface area contributed by atoms with E-state index < -0.39 is 0 Å². The number of carbonyl (C=O) groups excluding carboxylic acids is 1. The number of nitrogens with zero attached hydrogens (tertiary/aromatic N) is 2. The van der Waals surface area contributed by atoms with Crippen LogP contribution in [0.1, 0.15) is 42.1 Å². The van der Waals surface area contributed by atoms with Crippen molar-refractivity contribution in [3.63, 3.8) is 0 Å². The normalized spacial score (nSPS) is 26.3. The highest BCUT2D eigenvalue weighted by molar-refractivity contribution is 6.32. The lowest BCUT2D eigenvalue weighted by Gasteiger charge is -2.12. The summed E-state index contributed by atoms with van der Waals surface area (Å²) in [4.78, 5) is 12.4. The molecule has 2 aliphatic carbocycles. The summed E-state index contributed by atoms with van der Waals surface area (Å²) in [6, 6.07) is 5.57. The number of halogens is 1. The lowest BCUT2D eigenvalue weighted by molar-refractivity contribution is 0.0964. The molecule has 2 fully saturated rings. The average Bonchev–Trinajstić information content (AvgIpc) is 3.37. The van der Waals surface area contributed by atoms with Gasteiger partial charge in [0.15, 0.2) is 11.6 Å². The van der Waals surface area contributed by atoms with Gasteiger partial charge in [0.1, 0.15) is 0 Å². The van der Waals surface area contributed by atoms with E-state index in [1.165, 1.54) is 0 Å². The minimum Gasteiger partial charge on any atom is -0.321 e. The maximum Gasteiger partial charge on any atom is 0.173 e. The number of hydrogen-bond donors (Lipinski definition) is 2. The first-order valence-corrected chi connectivity index (χ1v) is 7.37. The van der Waals surface area contributed by atoms with Crippen molar-refractivity contribution in [2.45, 2.75) is 31.6 Å². The van der Waals surface area contributed by atoms with Gasteiger partial charge in [-0.15, -0.1) is 5.11 Å². The van der Waals surface area contributed by atoms with Crippen LogP contribution in [0.25, 0.3) is 0 Å². The number of nitrogens with one attached hydrogen (secondary N) is 1. The smallest absolute Gasteiger partial charge is 0.173 e. The summed E-state index contributed by atoms with van der Waals surface area (Å²) >= 11 is 6.33. The largest absolute Gasteiger partial charge is 0.321 e. The maximum atomic E-state index is 12.4. The Morgan fingerprint density at radius 3 is 2.67 bits per heavy atom. The van der Waals surface area contributed by atoms with E-state index in [-0.39, 0.29) is 28.9 Å². The van der Waals surface area contributed by atoms with Crippen LogP contribution in [0.15, 0.2) is 28.4 Å². The van der Waals surface area contributed by atoms with Gasteiger partial charge in [-0.25, -0.2) is 5.53 Å². The Morgan fingerprint density at radius 1 is 1.43 bits per heavy atom. The number of carbonyl (C=O) groups is 1. The Morgan fingerprint density at radius 2 is 2.14 bits per heavy atom. The predicted octanol–water partition coefficient (Wildman–Crippen LogP) is 3.51. The van der Waals surface area contributed by atoms with E-state index in [0.717, 1.165) is 18.4 Å². The number of Topliss-reactive ketones (excluding diaryl/α,β-unsaturated/α-hetero) is 1. The fourth-order valence-corrected chi connectivity index (χ4v) is 3.22. The summed E-state index contributed by atoms with van der Waals surface area (Å²) < 4.78 is 0. The van der Waals surface area contributed by atoms with Crippen LogP contribution in [0.5, 0.6) is 0 Å². The second-order valence-electron chi connectivity index (χ2n) is 6.17. The molecule has 0 aliphatic heterocycles. The molecular formula is C15H17ClN4O. The number of amidine groups is 1. The van der Waals surface area contributed by atoms with Gasteiger partial charge in [-0.3, -0.25) is 4.79 Å². The van der Waals surface area contributed by atoms with Crippen molar-refractivity contribution in [2.24, 2.45) is 27.9 Å². The van der Waals surface area contributed by atoms with Gasteiger partial charge in [-0.1, -0.05) is 30.7 Å². The molecule has 3 N–H and O–H groups in total. The molecule has 0 spiro atoms. The van der Waals surface area contributed by atoms with Gasteiger partial charge in [0.2, 0.25) is 0 Å². The third kappa shape index (κ3) is 2.46. The first kappa shape index (κ1) is 14.2. The van der Waals surface area contributed by atoms with E-state index in [9.17, 15) is 4.79 Å². The zero-order valence-electron chi connectivity index (χ0n) is 11.8. The first-order valence-electron chi connectivity index (χ1n) is 6.99. The molecule has 2 saturated carbocycles. The molecule has 21 heavy (non-hydrogen) atoms. The third-order valence-corrected chi connectivity index (χ3v) is 4.92. The second kappa shape index (κ2) is 4.91. The summed E-state index contributed by atoms with van der Waals surface area (Å²) in [5.74, 6) is 5.12. The van der Waals surface area contributed by atoms with Crippen LogP contribution in [-0.4, -0.2) is 11.6 Å². The van der Waals surface area contributed by atoms with Crippen molar-refractivity contribution < 1.29 is 4.79 Å². The molecule has 0 heterocycles. The summed E-state index contributed by atoms with van der Waals surface area (Å²) in [6.45, 7) is 2.19. The van der Waals surface area contributed by atoms with Crippen molar-refractivity contribution in [3.8, 4) is 0 Å². The van der Waals surface area contributed by atoms with Crippen molar-refractivity contribution >= 4 is 23.2 Å². The highest BCUT2D eigenvalue weighted by Crippen LogP contribution is 2.50. The fraction of sp³-hybridized carbons (Fsp3) is 0.467. The number of hydrazone groups is 1. The monoisotopic (exact) mass is 304 g/mol. The molecule has 1 aromatic carbocycles. The predicted molar refractivity (Wildman–Crippen MR) is 80.7 cm³/mol. The van der Waals surface area contributed by atoms with E-state index in [0.29, 0.717) is 17.0 Å². The molecule has 0 aromatic heterocycles. The lowest BCUT2D eigenvalue weighted by Crippen LogP contribution is -2.10. The molecule has 2 aliphatic rings. The van der Waals surface area contributed by atoms with Crippen molar-refractivity contribution in [3.05, 3.63) is 34.3 Å². The highest BCUT2D eigenvalue weighted by atomic mass is 35.5. The molecule has 5 nitrogen and oxygen atoms in total. The zero-order chi connectivity index (χ0) is 15.2. The second-order valence-corrected chi connectivity index (χ2v) is 6.57. The summed E-state index contributed by atoms with van der Waals surface area (Å²) in [7, 11) is 0. The molecular weight excluding hydrogens is 288 g/mol. The van der Waals surface area contributed by atoms with Crippen molar-refractivity contribution in [2.75, 3.05) is 0 Å². The van der Waals surface area contributed by atoms with Crippen molar-refractivity contribution in [1.29, 1.82) is 5.53 Å². The molecule has 2 atom stereocenters. The Balaban J connectivity index is 1.78. The van der Waals surface area contributed by atoms with Crippen LogP contribution < -0.4 is 5.84 Å². The quantitative estimate of drug-likeness (QED) is 0.222. The van der Waals surface area contributed by atoms with E-state index in [1.807, 2.05) is 12.1 Å². The van der Waals surface area contributed by atoms with Crippen LogP contribution in [0.4, 0.5) is 0 Å². The summed E-state index contributed by atoms with van der Waals surface area (Å²) in [5.41, 5.74) is 8.91. The van der Waals surface area contributed by atoms with Gasteiger partial charge in [-0.2, -0.15) is 5.10 Å². The van der Waals surface area contributed by atoms with Gasteiger partial charge < -0.3 is 5.84 Å². The lowest BCUT2D eigenvalue weighted by atomic mass is 9.95. The standard InChI is InChI=1S/C15H17ClN4O/c1-15(4-5-15)11-3-2-8(6-12(11)16)13(21)9-7-10(9)14(19-17)20-18/h2-3,6,9-10,17H,4-5,7,18H2,1H3/b19-17?,20-14-/t9-,10-/m0/s1. The van der Waals surface area contributed by atoms with Crippen LogP contribution >= 0.6 is 11.6 Å². The summed E-state index contributed by atoms with van der Waals surface area (Å²) in [6.07, 6.45) is 2.94. The molecule has 3 rings (SSSR count).